The van der Waals surface area contributed by atoms with E-state index in [2.05, 4.69) is 5.32 Å². The molecule has 0 bridgehead atoms. The molecule has 0 spiro atoms. The number of piperidine rings is 2. The molecule has 4 heteroatoms. The van der Waals surface area contributed by atoms with Crippen molar-refractivity contribution in [2.45, 2.75) is 38.1 Å². The number of nitrogens with one attached hydrogen (secondary N) is 2. The highest BCUT2D eigenvalue weighted by Gasteiger charge is 2.36. The van der Waals surface area contributed by atoms with Crippen molar-refractivity contribution in [3.05, 3.63) is 29.8 Å². The summed E-state index contributed by atoms with van der Waals surface area (Å²) in [6.07, 6.45) is 6.59. The fraction of sp³-hybridized carbons (Fsp3) is 0.611. The summed E-state index contributed by atoms with van der Waals surface area (Å²) in [6.45, 7) is 3.44. The molecule has 0 saturated carbocycles. The van der Waals surface area contributed by atoms with E-state index in [9.17, 15) is 4.79 Å². The molecule has 2 saturated heterocycles. The quantitative estimate of drug-likeness (QED) is 0.880. The van der Waals surface area contributed by atoms with Gasteiger partial charge in [0.2, 0.25) is 0 Å². The molecule has 1 aromatic rings. The van der Waals surface area contributed by atoms with Crippen LogP contribution in [0.25, 0.3) is 0 Å². The second-order valence-electron chi connectivity index (χ2n) is 6.57. The highest BCUT2D eigenvalue weighted by Crippen LogP contribution is 2.21. The lowest BCUT2D eigenvalue weighted by Crippen LogP contribution is -3.18. The maximum absolute atomic E-state index is 12.4. The van der Waals surface area contributed by atoms with Crippen LogP contribution in [0.15, 0.2) is 24.3 Å². The molecular weight excluding hydrogens is 276 g/mol. The topological polar surface area (TPSA) is 42.8 Å². The summed E-state index contributed by atoms with van der Waals surface area (Å²) in [5, 5.41) is 3.14. The molecule has 2 N–H and O–H groups in total. The molecule has 0 aromatic heterocycles. The van der Waals surface area contributed by atoms with Crippen LogP contribution in [0.2, 0.25) is 0 Å². The van der Waals surface area contributed by atoms with Gasteiger partial charge in [0.1, 0.15) is 5.75 Å². The second kappa shape index (κ2) is 7.14. The Bertz CT molecular complexity index is 516. The van der Waals surface area contributed by atoms with Gasteiger partial charge in [0, 0.05) is 12.5 Å². The summed E-state index contributed by atoms with van der Waals surface area (Å²) in [4.78, 5) is 14.2. The van der Waals surface area contributed by atoms with Gasteiger partial charge in [0.25, 0.3) is 5.91 Å². The Kier molecular flexibility index (Phi) is 4.98. The summed E-state index contributed by atoms with van der Waals surface area (Å²) in [5.41, 5.74) is 0.633. The Hall–Kier alpha value is -1.55. The fourth-order valence-electron chi connectivity index (χ4n) is 4.17. The lowest BCUT2D eigenvalue weighted by molar-refractivity contribution is -0.939. The highest BCUT2D eigenvalue weighted by atomic mass is 16.5. The van der Waals surface area contributed by atoms with E-state index in [0.29, 0.717) is 17.2 Å². The average molecular weight is 303 g/mol. The lowest BCUT2D eigenvalue weighted by Gasteiger charge is -2.41. The van der Waals surface area contributed by atoms with Crippen LogP contribution in [0.5, 0.6) is 5.75 Å². The highest BCUT2D eigenvalue weighted by molar-refractivity contribution is 5.96. The number of quaternary nitrogens is 1. The first-order valence-electron chi connectivity index (χ1n) is 8.55. The summed E-state index contributed by atoms with van der Waals surface area (Å²) in [7, 11) is 1.61. The minimum absolute atomic E-state index is 0.0135. The van der Waals surface area contributed by atoms with Crippen LogP contribution in [0.3, 0.4) is 0 Å². The van der Waals surface area contributed by atoms with E-state index in [0.717, 1.165) is 12.6 Å². The van der Waals surface area contributed by atoms with Crippen molar-refractivity contribution >= 4 is 5.91 Å². The Balaban J connectivity index is 1.60. The van der Waals surface area contributed by atoms with Crippen LogP contribution in [0.1, 0.15) is 42.5 Å². The van der Waals surface area contributed by atoms with Crippen molar-refractivity contribution in [3.8, 4) is 5.75 Å². The van der Waals surface area contributed by atoms with Gasteiger partial charge in [-0.3, -0.25) is 4.79 Å². The zero-order valence-corrected chi connectivity index (χ0v) is 13.4. The zero-order chi connectivity index (χ0) is 15.4. The molecule has 120 valence electrons. The van der Waals surface area contributed by atoms with Crippen LogP contribution < -0.4 is 15.0 Å². The number of hydrogen-bond acceptors (Lipinski definition) is 2. The van der Waals surface area contributed by atoms with Crippen LogP contribution in [0, 0.1) is 5.92 Å². The minimum Gasteiger partial charge on any atom is -0.496 e. The molecule has 0 radical (unpaired) electrons. The molecule has 2 fully saturated rings. The third-order valence-corrected chi connectivity index (χ3v) is 5.31. The predicted octanol–water partition coefficient (Wildman–Crippen LogP) is 1.27. The van der Waals surface area contributed by atoms with E-state index in [1.165, 1.54) is 45.2 Å². The van der Waals surface area contributed by atoms with Crippen molar-refractivity contribution < 1.29 is 14.4 Å². The molecule has 22 heavy (non-hydrogen) atoms. The monoisotopic (exact) mass is 303 g/mol. The Labute approximate surface area is 132 Å². The fourth-order valence-corrected chi connectivity index (χ4v) is 4.17. The first-order valence-corrected chi connectivity index (χ1v) is 8.55. The van der Waals surface area contributed by atoms with Crippen LogP contribution in [-0.4, -0.2) is 38.7 Å². The third kappa shape index (κ3) is 3.27. The van der Waals surface area contributed by atoms with Crippen LogP contribution in [0.4, 0.5) is 0 Å². The standard InChI is InChI=1S/C18H26N2O2/c1-22-17-10-3-2-8-15(17)18(21)19-13-14-7-6-12-20-11-5-4-9-16(14)20/h2-3,8,10,14,16H,4-7,9,11-13H2,1H3,(H,19,21)/p+1/t14-,16+/m0/s1. The van der Waals surface area contributed by atoms with Gasteiger partial charge in [-0.25, -0.2) is 0 Å². The number of para-hydroxylation sites is 1. The molecule has 2 aliphatic rings. The summed E-state index contributed by atoms with van der Waals surface area (Å²) >= 11 is 0. The van der Waals surface area contributed by atoms with E-state index >= 15 is 0 Å². The number of benzene rings is 1. The van der Waals surface area contributed by atoms with E-state index in [4.69, 9.17) is 4.74 Å². The van der Waals surface area contributed by atoms with Gasteiger partial charge >= 0.3 is 0 Å². The number of ether oxygens (including phenoxy) is 1. The largest absolute Gasteiger partial charge is 0.496 e. The molecule has 2 aliphatic heterocycles. The number of hydrogen-bond donors (Lipinski definition) is 2. The normalized spacial score (nSPS) is 27.8. The number of carbonyl (C=O) groups excluding carboxylic acids is 1. The zero-order valence-electron chi connectivity index (χ0n) is 13.4. The molecule has 0 aliphatic carbocycles. The van der Waals surface area contributed by atoms with Gasteiger partial charge in [-0.2, -0.15) is 0 Å². The Morgan fingerprint density at radius 2 is 2.05 bits per heavy atom. The molecule has 3 rings (SSSR count). The summed E-state index contributed by atoms with van der Waals surface area (Å²) in [5.74, 6) is 1.26. The van der Waals surface area contributed by atoms with Gasteiger partial charge < -0.3 is 15.0 Å². The Morgan fingerprint density at radius 3 is 2.91 bits per heavy atom. The first-order chi connectivity index (χ1) is 10.8. The average Bonchev–Trinajstić information content (AvgIpc) is 2.59. The van der Waals surface area contributed by atoms with E-state index < -0.39 is 0 Å². The third-order valence-electron chi connectivity index (χ3n) is 5.31. The SMILES string of the molecule is COc1ccccc1C(=O)NC[C@@H]1CCC[NH+]2CCCC[C@H]12. The van der Waals surface area contributed by atoms with Crippen molar-refractivity contribution in [2.24, 2.45) is 5.92 Å². The molecule has 1 aromatic carbocycles. The summed E-state index contributed by atoms with van der Waals surface area (Å²) < 4.78 is 5.28. The van der Waals surface area contributed by atoms with Gasteiger partial charge in [-0.15, -0.1) is 0 Å². The summed E-state index contributed by atoms with van der Waals surface area (Å²) in [6, 6.07) is 8.18. The molecular formula is C18H27N2O2+. The Morgan fingerprint density at radius 1 is 1.23 bits per heavy atom. The molecule has 3 atom stereocenters. The number of amides is 1. The van der Waals surface area contributed by atoms with E-state index in [1.807, 2.05) is 24.3 Å². The van der Waals surface area contributed by atoms with E-state index in [-0.39, 0.29) is 5.91 Å². The van der Waals surface area contributed by atoms with Crippen LogP contribution >= 0.6 is 0 Å². The van der Waals surface area contributed by atoms with Crippen molar-refractivity contribution in [2.75, 3.05) is 26.7 Å². The maximum atomic E-state index is 12.4. The van der Waals surface area contributed by atoms with Gasteiger partial charge in [0.05, 0.1) is 31.8 Å². The number of carbonyl (C=O) groups is 1. The molecule has 4 nitrogen and oxygen atoms in total. The van der Waals surface area contributed by atoms with Gasteiger partial charge in [-0.05, 0) is 44.2 Å². The second-order valence-corrected chi connectivity index (χ2v) is 6.57. The van der Waals surface area contributed by atoms with Crippen molar-refractivity contribution in [3.63, 3.8) is 0 Å². The van der Waals surface area contributed by atoms with Crippen LogP contribution in [-0.2, 0) is 0 Å². The van der Waals surface area contributed by atoms with Crippen molar-refractivity contribution in [1.29, 1.82) is 0 Å². The van der Waals surface area contributed by atoms with E-state index in [1.54, 1.807) is 12.0 Å². The molecule has 2 heterocycles. The number of methoxy groups -OCH3 is 1. The number of fused-ring (bicyclic) bond motifs is 1. The molecule has 1 unspecified atom stereocenters. The first kappa shape index (κ1) is 15.3. The lowest BCUT2D eigenvalue weighted by atomic mass is 9.83. The van der Waals surface area contributed by atoms with Gasteiger partial charge in [0.15, 0.2) is 0 Å². The van der Waals surface area contributed by atoms with Crippen molar-refractivity contribution in [1.82, 2.24) is 5.32 Å². The predicted molar refractivity (Wildman–Crippen MR) is 86.4 cm³/mol. The maximum Gasteiger partial charge on any atom is 0.255 e. The van der Waals surface area contributed by atoms with Gasteiger partial charge in [-0.1, -0.05) is 12.1 Å². The number of rotatable bonds is 4. The molecule has 1 amide bonds. The smallest absolute Gasteiger partial charge is 0.255 e. The minimum atomic E-state index is -0.0135.